The highest BCUT2D eigenvalue weighted by Gasteiger charge is 2.45. The molecule has 0 aromatic carbocycles. The molecule has 162 valence electrons. The van der Waals surface area contributed by atoms with Crippen LogP contribution in [0.15, 0.2) is 43.1 Å². The van der Waals surface area contributed by atoms with E-state index in [0.29, 0.717) is 24.9 Å². The summed E-state index contributed by atoms with van der Waals surface area (Å²) in [6.07, 6.45) is 5.09. The summed E-state index contributed by atoms with van der Waals surface area (Å²) in [6.45, 7) is 2.10. The van der Waals surface area contributed by atoms with E-state index >= 15 is 0 Å². The molecule has 4 rings (SSSR count). The van der Waals surface area contributed by atoms with E-state index in [4.69, 9.17) is 14.6 Å². The predicted molar refractivity (Wildman–Crippen MR) is 97.6 cm³/mol. The van der Waals surface area contributed by atoms with E-state index in [1.165, 1.54) is 0 Å². The number of amides is 1. The number of carboxylic acids is 1. The molecular weight excluding hydrogens is 405 g/mol. The van der Waals surface area contributed by atoms with Gasteiger partial charge in [-0.3, -0.25) is 9.78 Å². The van der Waals surface area contributed by atoms with Gasteiger partial charge in [-0.05, 0) is 25.0 Å². The highest BCUT2D eigenvalue weighted by atomic mass is 19.4. The Labute approximate surface area is 170 Å². The summed E-state index contributed by atoms with van der Waals surface area (Å²) in [4.78, 5) is 31.7. The summed E-state index contributed by atoms with van der Waals surface area (Å²) in [7, 11) is 0. The van der Waals surface area contributed by atoms with Gasteiger partial charge in [-0.2, -0.15) is 13.2 Å². The molecule has 2 saturated heterocycles. The Morgan fingerprint density at radius 3 is 2.63 bits per heavy atom. The molecule has 1 N–H and O–H groups in total. The lowest BCUT2D eigenvalue weighted by Gasteiger charge is -2.39. The molecule has 0 aliphatic carbocycles. The first kappa shape index (κ1) is 21.8. The van der Waals surface area contributed by atoms with E-state index in [-0.39, 0.29) is 11.5 Å². The topological polar surface area (TPSA) is 97.5 Å². The molecule has 0 saturated carbocycles. The SMILES string of the molecule is O=C(O)C(F)(F)F.O=C(c1ccccn1)N1CCCC2(CC(n3ccnc3)CO2)C1. The molecule has 2 aromatic heterocycles. The second-order valence-electron chi connectivity index (χ2n) is 7.21. The van der Waals surface area contributed by atoms with Gasteiger partial charge in [0.2, 0.25) is 0 Å². The van der Waals surface area contributed by atoms with Crippen LogP contribution in [-0.2, 0) is 9.53 Å². The minimum Gasteiger partial charge on any atom is -0.475 e. The lowest BCUT2D eigenvalue weighted by atomic mass is 9.88. The van der Waals surface area contributed by atoms with Gasteiger partial charge in [0, 0.05) is 31.6 Å². The van der Waals surface area contributed by atoms with Crippen molar-refractivity contribution in [2.24, 2.45) is 0 Å². The van der Waals surface area contributed by atoms with Crippen molar-refractivity contribution in [3.63, 3.8) is 0 Å². The van der Waals surface area contributed by atoms with Crippen LogP contribution in [0, 0.1) is 0 Å². The number of piperidine rings is 1. The number of carbonyl (C=O) groups excluding carboxylic acids is 1. The number of carbonyl (C=O) groups is 2. The van der Waals surface area contributed by atoms with Crippen molar-refractivity contribution in [3.8, 4) is 0 Å². The summed E-state index contributed by atoms with van der Waals surface area (Å²) in [5, 5.41) is 7.12. The Balaban J connectivity index is 0.000000318. The van der Waals surface area contributed by atoms with E-state index in [9.17, 15) is 18.0 Å². The third-order valence-electron chi connectivity index (χ3n) is 5.09. The average Bonchev–Trinajstić information content (AvgIpc) is 3.38. The number of nitrogens with zero attached hydrogens (tertiary/aromatic N) is 4. The van der Waals surface area contributed by atoms with Gasteiger partial charge in [-0.1, -0.05) is 6.07 Å². The molecule has 1 spiro atoms. The molecule has 2 fully saturated rings. The van der Waals surface area contributed by atoms with Crippen molar-refractivity contribution < 1.29 is 32.6 Å². The number of hydrogen-bond acceptors (Lipinski definition) is 5. The maximum Gasteiger partial charge on any atom is 0.490 e. The van der Waals surface area contributed by atoms with Gasteiger partial charge in [-0.15, -0.1) is 0 Å². The lowest BCUT2D eigenvalue weighted by Crippen LogP contribution is -2.50. The lowest BCUT2D eigenvalue weighted by molar-refractivity contribution is -0.192. The summed E-state index contributed by atoms with van der Waals surface area (Å²) in [5.41, 5.74) is 0.283. The minimum atomic E-state index is -5.08. The third-order valence-corrected chi connectivity index (χ3v) is 5.09. The maximum absolute atomic E-state index is 12.6. The Morgan fingerprint density at radius 2 is 2.03 bits per heavy atom. The molecule has 11 heteroatoms. The first-order valence-electron chi connectivity index (χ1n) is 9.32. The zero-order chi connectivity index (χ0) is 21.8. The van der Waals surface area contributed by atoms with E-state index in [1.54, 1.807) is 18.5 Å². The fourth-order valence-electron chi connectivity index (χ4n) is 3.70. The number of hydrogen-bond donors (Lipinski definition) is 1. The van der Waals surface area contributed by atoms with Gasteiger partial charge in [0.25, 0.3) is 5.91 Å². The van der Waals surface area contributed by atoms with Gasteiger partial charge in [0.1, 0.15) is 5.69 Å². The third kappa shape index (κ3) is 5.15. The number of pyridine rings is 1. The fraction of sp³-hybridized carbons (Fsp3) is 0.474. The number of imidazole rings is 1. The summed E-state index contributed by atoms with van der Waals surface area (Å²) >= 11 is 0. The molecule has 0 radical (unpaired) electrons. The van der Waals surface area contributed by atoms with Gasteiger partial charge in [0.05, 0.1) is 31.1 Å². The van der Waals surface area contributed by atoms with Gasteiger partial charge < -0.3 is 19.3 Å². The summed E-state index contributed by atoms with van der Waals surface area (Å²) in [5.74, 6) is -2.76. The first-order chi connectivity index (χ1) is 14.2. The molecule has 2 aliphatic heterocycles. The summed E-state index contributed by atoms with van der Waals surface area (Å²) in [6, 6.07) is 5.75. The minimum absolute atomic E-state index is 0.000596. The van der Waals surface area contributed by atoms with E-state index in [0.717, 1.165) is 25.8 Å². The van der Waals surface area contributed by atoms with Crippen LogP contribution in [0.3, 0.4) is 0 Å². The highest BCUT2D eigenvalue weighted by Crippen LogP contribution is 2.39. The quantitative estimate of drug-likeness (QED) is 0.793. The molecule has 2 aromatic rings. The monoisotopic (exact) mass is 426 g/mol. The Hall–Kier alpha value is -2.95. The van der Waals surface area contributed by atoms with Crippen LogP contribution in [0.4, 0.5) is 13.2 Å². The number of rotatable bonds is 2. The number of ether oxygens (including phenoxy) is 1. The molecule has 2 aliphatic rings. The number of aliphatic carboxylic acids is 1. The smallest absolute Gasteiger partial charge is 0.475 e. The number of alkyl halides is 3. The molecular formula is C19H21F3N4O4. The predicted octanol–water partition coefficient (Wildman–Crippen LogP) is 2.55. The van der Waals surface area contributed by atoms with Crippen LogP contribution in [0.5, 0.6) is 0 Å². The van der Waals surface area contributed by atoms with E-state index in [2.05, 4.69) is 14.5 Å². The van der Waals surface area contributed by atoms with Crippen molar-refractivity contribution in [2.45, 2.75) is 37.1 Å². The molecule has 0 bridgehead atoms. The average molecular weight is 426 g/mol. The van der Waals surface area contributed by atoms with Crippen LogP contribution >= 0.6 is 0 Å². The van der Waals surface area contributed by atoms with Crippen LogP contribution in [0.1, 0.15) is 35.8 Å². The van der Waals surface area contributed by atoms with Crippen molar-refractivity contribution in [3.05, 3.63) is 48.8 Å². The number of carboxylic acid groups (broad SMARTS) is 1. The fourth-order valence-corrected chi connectivity index (χ4v) is 3.70. The number of halogens is 3. The largest absolute Gasteiger partial charge is 0.490 e. The highest BCUT2D eigenvalue weighted by molar-refractivity contribution is 5.92. The Morgan fingerprint density at radius 1 is 1.27 bits per heavy atom. The Bertz CT molecular complexity index is 860. The van der Waals surface area contributed by atoms with E-state index in [1.807, 2.05) is 29.6 Å². The Kier molecular flexibility index (Phi) is 6.40. The second kappa shape index (κ2) is 8.82. The normalized spacial score (nSPS) is 23.7. The first-order valence-corrected chi connectivity index (χ1v) is 9.32. The number of aromatic nitrogens is 3. The maximum atomic E-state index is 12.6. The van der Waals surface area contributed by atoms with Gasteiger partial charge in [-0.25, -0.2) is 9.78 Å². The molecule has 30 heavy (non-hydrogen) atoms. The van der Waals surface area contributed by atoms with Gasteiger partial charge >= 0.3 is 12.1 Å². The van der Waals surface area contributed by atoms with Crippen LogP contribution in [-0.4, -0.2) is 67.9 Å². The molecule has 2 atom stereocenters. The molecule has 4 heterocycles. The summed E-state index contributed by atoms with van der Waals surface area (Å²) < 4.78 is 40.0. The van der Waals surface area contributed by atoms with Crippen molar-refractivity contribution in [1.29, 1.82) is 0 Å². The standard InChI is InChI=1S/C17H20N4O2.C2HF3O2/c22-16(15-4-1-2-6-19-15)20-8-3-5-17(12-20)10-14(11-23-17)21-9-7-18-13-21;3-2(4,5)1(6)7/h1-2,4,6-7,9,13-14H,3,5,8,10-12H2;(H,6,7). The van der Waals surface area contributed by atoms with Crippen molar-refractivity contribution in [1.82, 2.24) is 19.4 Å². The zero-order valence-electron chi connectivity index (χ0n) is 16.0. The van der Waals surface area contributed by atoms with E-state index < -0.39 is 12.1 Å². The molecule has 8 nitrogen and oxygen atoms in total. The van der Waals surface area contributed by atoms with Crippen LogP contribution < -0.4 is 0 Å². The molecule has 1 amide bonds. The zero-order valence-corrected chi connectivity index (χ0v) is 16.0. The van der Waals surface area contributed by atoms with Crippen molar-refractivity contribution >= 4 is 11.9 Å². The van der Waals surface area contributed by atoms with Crippen LogP contribution in [0.2, 0.25) is 0 Å². The number of likely N-dealkylation sites (tertiary alicyclic amines) is 1. The van der Waals surface area contributed by atoms with Crippen molar-refractivity contribution in [2.75, 3.05) is 19.7 Å². The second-order valence-corrected chi connectivity index (χ2v) is 7.21. The molecule has 2 unspecified atom stereocenters. The van der Waals surface area contributed by atoms with Gasteiger partial charge in [0.15, 0.2) is 0 Å². The van der Waals surface area contributed by atoms with Crippen LogP contribution in [0.25, 0.3) is 0 Å².